The van der Waals surface area contributed by atoms with Crippen LogP contribution in [0.1, 0.15) is 17.9 Å². The Labute approximate surface area is 81.1 Å². The number of anilines is 1. The van der Waals surface area contributed by atoms with E-state index in [1.807, 2.05) is 0 Å². The Morgan fingerprint density at radius 3 is 2.77 bits per heavy atom. The molecule has 0 bridgehead atoms. The predicted molar refractivity (Wildman–Crippen MR) is 51.8 cm³/mol. The smallest absolute Gasteiger partial charge is 0.152 e. The molecule has 3 N–H and O–H groups in total. The minimum atomic E-state index is -0.830. The molecule has 0 aliphatic rings. The second kappa shape index (κ2) is 3.66. The van der Waals surface area contributed by atoms with Gasteiger partial charge in [-0.3, -0.25) is 4.79 Å². The van der Waals surface area contributed by atoms with Crippen molar-refractivity contribution in [2.75, 3.05) is 5.73 Å². The lowest BCUT2D eigenvalue weighted by Gasteiger charge is -2.09. The van der Waals surface area contributed by atoms with Crippen molar-refractivity contribution >= 4 is 23.1 Å². The molecule has 1 unspecified atom stereocenters. The Bertz CT molecular complexity index is 338. The van der Waals surface area contributed by atoms with Crippen LogP contribution in [0.5, 0.6) is 5.75 Å². The number of phenols is 1. The number of nitrogen functional groups attached to an aromatic ring is 1. The molecule has 0 fully saturated rings. The van der Waals surface area contributed by atoms with Crippen molar-refractivity contribution in [3.8, 4) is 5.75 Å². The maximum absolute atomic E-state index is 10.9. The Morgan fingerprint density at radius 1 is 1.62 bits per heavy atom. The highest BCUT2D eigenvalue weighted by molar-refractivity contribution is 6.31. The van der Waals surface area contributed by atoms with Crippen LogP contribution in [-0.4, -0.2) is 10.9 Å². The zero-order chi connectivity index (χ0) is 10.0. The van der Waals surface area contributed by atoms with Gasteiger partial charge in [0.2, 0.25) is 0 Å². The van der Waals surface area contributed by atoms with Crippen molar-refractivity contribution in [1.29, 1.82) is 0 Å². The van der Waals surface area contributed by atoms with E-state index in [0.29, 0.717) is 5.56 Å². The van der Waals surface area contributed by atoms with Gasteiger partial charge in [0.1, 0.15) is 11.1 Å². The Balaban J connectivity index is 3.15. The SMILES string of the molecule is CC(=O)C(Cl)c1cccc(N)c1O. The fourth-order valence-electron chi connectivity index (χ4n) is 1.00. The fourth-order valence-corrected chi connectivity index (χ4v) is 1.18. The van der Waals surface area contributed by atoms with Crippen LogP contribution in [-0.2, 0) is 4.79 Å². The van der Waals surface area contributed by atoms with Crippen molar-refractivity contribution < 1.29 is 9.90 Å². The van der Waals surface area contributed by atoms with Crippen molar-refractivity contribution in [3.63, 3.8) is 0 Å². The number of halogens is 1. The summed E-state index contributed by atoms with van der Waals surface area (Å²) in [6.45, 7) is 1.36. The van der Waals surface area contributed by atoms with E-state index in [1.165, 1.54) is 6.92 Å². The number of nitrogens with two attached hydrogens (primary N) is 1. The monoisotopic (exact) mass is 199 g/mol. The van der Waals surface area contributed by atoms with E-state index in [9.17, 15) is 9.90 Å². The third-order valence-corrected chi connectivity index (χ3v) is 2.27. The molecular formula is C9H10ClNO2. The number of hydrogen-bond donors (Lipinski definition) is 2. The summed E-state index contributed by atoms with van der Waals surface area (Å²) in [5, 5.41) is 8.63. The molecule has 0 aliphatic heterocycles. The highest BCUT2D eigenvalue weighted by Crippen LogP contribution is 2.33. The molecule has 1 atom stereocenters. The number of carbonyl (C=O) groups excluding carboxylic acids is 1. The standard InChI is InChI=1S/C9H10ClNO2/c1-5(12)8(10)6-3-2-4-7(11)9(6)13/h2-4,8,13H,11H2,1H3. The zero-order valence-corrected chi connectivity index (χ0v) is 7.88. The topological polar surface area (TPSA) is 63.3 Å². The molecule has 0 spiro atoms. The third kappa shape index (κ3) is 1.92. The van der Waals surface area contributed by atoms with Crippen molar-refractivity contribution in [1.82, 2.24) is 0 Å². The molecule has 1 rings (SSSR count). The van der Waals surface area contributed by atoms with Crippen LogP contribution in [0, 0.1) is 0 Å². The minimum absolute atomic E-state index is 0.113. The van der Waals surface area contributed by atoms with Crippen LogP contribution in [0.4, 0.5) is 5.69 Å². The van der Waals surface area contributed by atoms with Gasteiger partial charge in [0.05, 0.1) is 5.69 Å². The van der Waals surface area contributed by atoms with Gasteiger partial charge < -0.3 is 10.8 Å². The van der Waals surface area contributed by atoms with Gasteiger partial charge in [0.15, 0.2) is 5.78 Å². The molecule has 0 heterocycles. The maximum atomic E-state index is 10.9. The number of ketones is 1. The van der Waals surface area contributed by atoms with Crippen molar-refractivity contribution in [3.05, 3.63) is 23.8 Å². The average molecular weight is 200 g/mol. The quantitative estimate of drug-likeness (QED) is 0.434. The lowest BCUT2D eigenvalue weighted by molar-refractivity contribution is -0.116. The predicted octanol–water partition coefficient (Wildman–Crippen LogP) is 1.84. The Hall–Kier alpha value is -1.22. The minimum Gasteiger partial charge on any atom is -0.505 e. The molecule has 0 aliphatic carbocycles. The van der Waals surface area contributed by atoms with Gasteiger partial charge in [-0.05, 0) is 13.0 Å². The van der Waals surface area contributed by atoms with Crippen LogP contribution in [0.15, 0.2) is 18.2 Å². The molecule has 0 amide bonds. The fraction of sp³-hybridized carbons (Fsp3) is 0.222. The van der Waals surface area contributed by atoms with E-state index in [2.05, 4.69) is 0 Å². The first kappa shape index (κ1) is 9.86. The summed E-state index contributed by atoms with van der Waals surface area (Å²) < 4.78 is 0. The first-order valence-corrected chi connectivity index (χ1v) is 4.19. The summed E-state index contributed by atoms with van der Waals surface area (Å²) in [4.78, 5) is 10.9. The third-order valence-electron chi connectivity index (χ3n) is 1.73. The number of rotatable bonds is 2. The molecule has 0 radical (unpaired) electrons. The van der Waals surface area contributed by atoms with Crippen LogP contribution < -0.4 is 5.73 Å². The number of alkyl halides is 1. The molecule has 0 aromatic heterocycles. The lowest BCUT2D eigenvalue weighted by atomic mass is 10.1. The van der Waals surface area contributed by atoms with Gasteiger partial charge in [-0.25, -0.2) is 0 Å². The average Bonchev–Trinajstić information content (AvgIpc) is 2.08. The Morgan fingerprint density at radius 2 is 2.23 bits per heavy atom. The van der Waals surface area contributed by atoms with Gasteiger partial charge in [-0.2, -0.15) is 0 Å². The summed E-state index contributed by atoms with van der Waals surface area (Å²) in [5.74, 6) is -0.333. The van der Waals surface area contributed by atoms with Gasteiger partial charge >= 0.3 is 0 Å². The summed E-state index contributed by atoms with van der Waals surface area (Å²) in [6.07, 6.45) is 0. The number of hydrogen-bond acceptors (Lipinski definition) is 3. The Kier molecular flexibility index (Phi) is 2.78. The number of para-hydroxylation sites is 1. The van der Waals surface area contributed by atoms with E-state index in [0.717, 1.165) is 0 Å². The van der Waals surface area contributed by atoms with E-state index >= 15 is 0 Å². The van der Waals surface area contributed by atoms with Crippen molar-refractivity contribution in [2.24, 2.45) is 0 Å². The zero-order valence-electron chi connectivity index (χ0n) is 7.12. The van der Waals surface area contributed by atoms with Crippen LogP contribution in [0.2, 0.25) is 0 Å². The summed E-state index contributed by atoms with van der Waals surface area (Å²) in [5.41, 5.74) is 6.02. The molecule has 0 saturated carbocycles. The highest BCUT2D eigenvalue weighted by Gasteiger charge is 2.17. The normalized spacial score (nSPS) is 12.5. The van der Waals surface area contributed by atoms with Gasteiger partial charge in [-0.15, -0.1) is 11.6 Å². The summed E-state index contributed by atoms with van der Waals surface area (Å²) in [6, 6.07) is 4.76. The number of carbonyl (C=O) groups is 1. The van der Waals surface area contributed by atoms with Gasteiger partial charge in [0, 0.05) is 5.56 Å². The van der Waals surface area contributed by atoms with Gasteiger partial charge in [-0.1, -0.05) is 12.1 Å². The number of Topliss-reactive ketones (excluding diaryl/α,β-unsaturated/α-hetero) is 1. The molecule has 1 aromatic carbocycles. The second-order valence-electron chi connectivity index (χ2n) is 2.76. The van der Waals surface area contributed by atoms with E-state index in [4.69, 9.17) is 17.3 Å². The molecular weight excluding hydrogens is 190 g/mol. The number of aromatic hydroxyl groups is 1. The maximum Gasteiger partial charge on any atom is 0.152 e. The first-order valence-electron chi connectivity index (χ1n) is 3.76. The first-order chi connectivity index (χ1) is 6.04. The summed E-state index contributed by atoms with van der Waals surface area (Å²) in [7, 11) is 0. The lowest BCUT2D eigenvalue weighted by Crippen LogP contribution is -2.02. The molecule has 4 heteroatoms. The number of phenolic OH excluding ortho intramolecular Hbond substituents is 1. The van der Waals surface area contributed by atoms with E-state index in [-0.39, 0.29) is 17.2 Å². The van der Waals surface area contributed by atoms with Crippen LogP contribution >= 0.6 is 11.6 Å². The molecule has 3 nitrogen and oxygen atoms in total. The van der Waals surface area contributed by atoms with Gasteiger partial charge in [0.25, 0.3) is 0 Å². The highest BCUT2D eigenvalue weighted by atomic mass is 35.5. The number of benzene rings is 1. The molecule has 0 saturated heterocycles. The van der Waals surface area contributed by atoms with E-state index in [1.54, 1.807) is 18.2 Å². The van der Waals surface area contributed by atoms with Crippen LogP contribution in [0.3, 0.4) is 0 Å². The van der Waals surface area contributed by atoms with Crippen LogP contribution in [0.25, 0.3) is 0 Å². The molecule has 13 heavy (non-hydrogen) atoms. The van der Waals surface area contributed by atoms with Crippen molar-refractivity contribution in [2.45, 2.75) is 12.3 Å². The second-order valence-corrected chi connectivity index (χ2v) is 3.19. The largest absolute Gasteiger partial charge is 0.505 e. The van der Waals surface area contributed by atoms with E-state index < -0.39 is 5.38 Å². The summed E-state index contributed by atoms with van der Waals surface area (Å²) >= 11 is 5.75. The molecule has 1 aromatic rings. The molecule has 70 valence electrons.